The zero-order chi connectivity index (χ0) is 22.5. The number of nitro groups is 1. The Bertz CT molecular complexity index is 1010. The fourth-order valence-electron chi connectivity index (χ4n) is 3.47. The molecule has 1 aromatic carbocycles. The molecule has 0 fully saturated rings. The lowest BCUT2D eigenvalue weighted by atomic mass is 10.1. The Morgan fingerprint density at radius 3 is 2.45 bits per heavy atom. The first-order valence-corrected chi connectivity index (χ1v) is 9.77. The third kappa shape index (κ3) is 4.85. The topological polar surface area (TPSA) is 119 Å². The van der Waals surface area contributed by atoms with E-state index in [1.54, 1.807) is 13.2 Å². The van der Waals surface area contributed by atoms with E-state index in [9.17, 15) is 19.7 Å². The Labute approximate surface area is 178 Å². The van der Waals surface area contributed by atoms with Crippen molar-refractivity contribution in [3.05, 3.63) is 50.8 Å². The molecule has 0 bridgehead atoms. The highest BCUT2D eigenvalue weighted by Gasteiger charge is 2.28. The summed E-state index contributed by atoms with van der Waals surface area (Å²) in [6.45, 7) is 4.99. The molecule has 0 saturated carbocycles. The van der Waals surface area contributed by atoms with E-state index in [4.69, 9.17) is 18.9 Å². The second-order valence-corrected chi connectivity index (χ2v) is 7.05. The van der Waals surface area contributed by atoms with Crippen LogP contribution in [-0.4, -0.2) is 54.8 Å². The minimum Gasteiger partial charge on any atom is -0.486 e. The van der Waals surface area contributed by atoms with Crippen molar-refractivity contribution < 1.29 is 33.5 Å². The predicted octanol–water partition coefficient (Wildman–Crippen LogP) is 2.86. The summed E-state index contributed by atoms with van der Waals surface area (Å²) in [6.07, 6.45) is 0.795. The van der Waals surface area contributed by atoms with Gasteiger partial charge in [0, 0.05) is 43.3 Å². The largest absolute Gasteiger partial charge is 0.486 e. The van der Waals surface area contributed by atoms with Gasteiger partial charge in [0.05, 0.1) is 11.0 Å². The second kappa shape index (κ2) is 9.61. The van der Waals surface area contributed by atoms with Gasteiger partial charge in [0.2, 0.25) is 5.78 Å². The van der Waals surface area contributed by atoms with Crippen LogP contribution in [0.4, 0.5) is 5.69 Å². The first-order valence-electron chi connectivity index (χ1n) is 9.77. The Morgan fingerprint density at radius 2 is 1.81 bits per heavy atom. The molecule has 31 heavy (non-hydrogen) atoms. The van der Waals surface area contributed by atoms with Crippen LogP contribution in [0.3, 0.4) is 0 Å². The summed E-state index contributed by atoms with van der Waals surface area (Å²) in [5, 5.41) is 11.4. The van der Waals surface area contributed by atoms with E-state index in [1.165, 1.54) is 6.07 Å². The molecule has 0 N–H and O–H groups in total. The van der Waals surface area contributed by atoms with Crippen molar-refractivity contribution in [2.75, 3.05) is 33.5 Å². The molecule has 1 aliphatic heterocycles. The quantitative estimate of drug-likeness (QED) is 0.195. The van der Waals surface area contributed by atoms with E-state index >= 15 is 0 Å². The molecule has 0 aliphatic carbocycles. The van der Waals surface area contributed by atoms with Crippen LogP contribution < -0.4 is 9.47 Å². The Kier molecular flexibility index (Phi) is 6.91. The average Bonchev–Trinajstić information content (AvgIpc) is 3.04. The van der Waals surface area contributed by atoms with Crippen LogP contribution in [0.15, 0.2) is 18.2 Å². The van der Waals surface area contributed by atoms with Gasteiger partial charge in [0.25, 0.3) is 5.69 Å². The van der Waals surface area contributed by atoms with Crippen molar-refractivity contribution in [3.8, 4) is 11.5 Å². The molecule has 166 valence electrons. The summed E-state index contributed by atoms with van der Waals surface area (Å²) in [6, 6.07) is 4.08. The summed E-state index contributed by atoms with van der Waals surface area (Å²) >= 11 is 0. The molecule has 10 nitrogen and oxygen atoms in total. The lowest BCUT2D eigenvalue weighted by Crippen LogP contribution is -2.18. The van der Waals surface area contributed by atoms with E-state index in [2.05, 4.69) is 0 Å². The van der Waals surface area contributed by atoms with Crippen LogP contribution in [0, 0.1) is 24.0 Å². The van der Waals surface area contributed by atoms with E-state index in [-0.39, 0.29) is 36.1 Å². The number of fused-ring (bicyclic) bond motifs is 1. The van der Waals surface area contributed by atoms with Crippen molar-refractivity contribution in [1.29, 1.82) is 0 Å². The lowest BCUT2D eigenvalue weighted by Gasteiger charge is -2.18. The zero-order valence-corrected chi connectivity index (χ0v) is 17.6. The van der Waals surface area contributed by atoms with Crippen molar-refractivity contribution in [2.24, 2.45) is 0 Å². The number of rotatable bonds is 9. The molecule has 1 aliphatic rings. The number of aromatic nitrogens is 1. The minimum absolute atomic E-state index is 0.187. The van der Waals surface area contributed by atoms with Crippen molar-refractivity contribution in [2.45, 2.75) is 26.8 Å². The molecule has 0 atom stereocenters. The van der Waals surface area contributed by atoms with Crippen molar-refractivity contribution in [3.63, 3.8) is 0 Å². The summed E-state index contributed by atoms with van der Waals surface area (Å²) in [5.41, 5.74) is 1.34. The maximum absolute atomic E-state index is 12.7. The Hall–Kier alpha value is -3.40. The molecule has 10 heteroatoms. The number of nitrogens with zero attached hydrogens (tertiary/aromatic N) is 2. The fraction of sp³-hybridized carbons (Fsp3) is 0.429. The molecule has 0 saturated heterocycles. The maximum Gasteiger partial charge on any atom is 0.345 e. The molecular formula is C21H24N2O8. The number of esters is 1. The predicted molar refractivity (Wildman–Crippen MR) is 109 cm³/mol. The van der Waals surface area contributed by atoms with E-state index in [0.717, 1.165) is 23.9 Å². The van der Waals surface area contributed by atoms with Gasteiger partial charge in [0.1, 0.15) is 18.8 Å². The highest BCUT2D eigenvalue weighted by Crippen LogP contribution is 2.36. The standard InChI is InChI=1S/C21H24N2O8/c1-13-9-15(14(2)22(13)5-4-6-28-3)18(24)12-31-21(25)16-10-19-20(30-8-7-29-19)11-17(16)23(26)27/h9-11H,4-8,12H2,1-3H3. The van der Waals surface area contributed by atoms with Gasteiger partial charge in [0.15, 0.2) is 18.1 Å². The number of hydrogen-bond acceptors (Lipinski definition) is 8. The van der Waals surface area contributed by atoms with Crippen LogP contribution in [-0.2, 0) is 16.0 Å². The Morgan fingerprint density at radius 1 is 1.13 bits per heavy atom. The highest BCUT2D eigenvalue weighted by molar-refractivity contribution is 6.01. The normalized spacial score (nSPS) is 12.5. The number of carbonyl (C=O) groups excluding carboxylic acids is 2. The monoisotopic (exact) mass is 432 g/mol. The van der Waals surface area contributed by atoms with Crippen LogP contribution in [0.1, 0.15) is 38.5 Å². The molecule has 0 amide bonds. The molecule has 2 aromatic rings. The van der Waals surface area contributed by atoms with Gasteiger partial charge in [-0.3, -0.25) is 14.9 Å². The van der Waals surface area contributed by atoms with Crippen molar-refractivity contribution >= 4 is 17.4 Å². The molecule has 1 aromatic heterocycles. The third-order valence-corrected chi connectivity index (χ3v) is 5.02. The number of ether oxygens (including phenoxy) is 4. The first-order chi connectivity index (χ1) is 14.8. The van der Waals surface area contributed by atoms with Gasteiger partial charge in [-0.15, -0.1) is 0 Å². The molecule has 3 rings (SSSR count). The molecular weight excluding hydrogens is 408 g/mol. The minimum atomic E-state index is -0.981. The first kappa shape index (κ1) is 22.3. The van der Waals surface area contributed by atoms with Crippen LogP contribution in [0.2, 0.25) is 0 Å². The molecule has 0 unspecified atom stereocenters. The summed E-state index contributed by atoms with van der Waals surface area (Å²) in [4.78, 5) is 35.9. The highest BCUT2D eigenvalue weighted by atomic mass is 16.6. The van der Waals surface area contributed by atoms with Gasteiger partial charge in [-0.05, 0) is 26.3 Å². The number of benzene rings is 1. The summed E-state index contributed by atoms with van der Waals surface area (Å²) in [5.74, 6) is -0.966. The van der Waals surface area contributed by atoms with E-state index < -0.39 is 23.2 Å². The van der Waals surface area contributed by atoms with Gasteiger partial charge in [-0.25, -0.2) is 4.79 Å². The molecule has 0 spiro atoms. The van der Waals surface area contributed by atoms with Crippen LogP contribution in [0.5, 0.6) is 11.5 Å². The van der Waals surface area contributed by atoms with Gasteiger partial charge < -0.3 is 23.5 Å². The summed E-state index contributed by atoms with van der Waals surface area (Å²) < 4.78 is 22.9. The van der Waals surface area contributed by atoms with E-state index in [0.29, 0.717) is 18.7 Å². The average molecular weight is 432 g/mol. The number of Topliss-reactive ketones (excluding diaryl/α,β-unsaturated/α-hetero) is 1. The third-order valence-electron chi connectivity index (χ3n) is 5.02. The number of nitro benzene ring substituents is 1. The number of hydrogen-bond donors (Lipinski definition) is 0. The van der Waals surface area contributed by atoms with Crippen molar-refractivity contribution in [1.82, 2.24) is 4.57 Å². The van der Waals surface area contributed by atoms with E-state index in [1.807, 2.05) is 18.4 Å². The number of methoxy groups -OCH3 is 1. The molecule has 2 heterocycles. The number of aryl methyl sites for hydroxylation is 1. The van der Waals surface area contributed by atoms with Crippen LogP contribution >= 0.6 is 0 Å². The fourth-order valence-corrected chi connectivity index (χ4v) is 3.47. The maximum atomic E-state index is 12.7. The number of ketones is 1. The Balaban J connectivity index is 1.73. The van der Waals surface area contributed by atoms with Gasteiger partial charge in [-0.1, -0.05) is 0 Å². The SMILES string of the molecule is COCCCn1c(C)cc(C(=O)COC(=O)c2cc3c(cc2[N+](=O)[O-])OCCO3)c1C. The summed E-state index contributed by atoms with van der Waals surface area (Å²) in [7, 11) is 1.63. The molecule has 0 radical (unpaired) electrons. The lowest BCUT2D eigenvalue weighted by molar-refractivity contribution is -0.385. The smallest absolute Gasteiger partial charge is 0.345 e. The van der Waals surface area contributed by atoms with Gasteiger partial charge >= 0.3 is 5.97 Å². The number of carbonyl (C=O) groups is 2. The van der Waals surface area contributed by atoms with Gasteiger partial charge in [-0.2, -0.15) is 0 Å². The second-order valence-electron chi connectivity index (χ2n) is 7.05. The van der Waals surface area contributed by atoms with Crippen LogP contribution in [0.25, 0.3) is 0 Å². The zero-order valence-electron chi connectivity index (χ0n) is 17.6.